The van der Waals surface area contributed by atoms with Gasteiger partial charge >= 0.3 is 0 Å². The molecule has 0 N–H and O–H groups in total. The van der Waals surface area contributed by atoms with Crippen LogP contribution in [-0.4, -0.2) is 16.1 Å². The molecule has 0 aromatic heterocycles. The van der Waals surface area contributed by atoms with Crippen LogP contribution in [0.5, 0.6) is 0 Å². The maximum Gasteiger partial charge on any atom is 0.148 e. The van der Waals surface area contributed by atoms with Gasteiger partial charge in [-0.15, -0.1) is 6.42 Å². The molecular weight excluding hydrogens is 152 g/mol. The molecule has 0 spiro atoms. The molecule has 0 saturated heterocycles. The van der Waals surface area contributed by atoms with E-state index in [1.165, 1.54) is 19.3 Å². The fourth-order valence-corrected chi connectivity index (χ4v) is 1.27. The van der Waals surface area contributed by atoms with Crippen molar-refractivity contribution in [1.29, 1.82) is 0 Å². The van der Waals surface area contributed by atoms with E-state index in [-0.39, 0.29) is 5.60 Å². The summed E-state index contributed by atoms with van der Waals surface area (Å²) in [7, 11) is 0.732. The van der Waals surface area contributed by atoms with Crippen molar-refractivity contribution in [2.75, 3.05) is 0 Å². The van der Waals surface area contributed by atoms with Crippen LogP contribution in [0.1, 0.15) is 39.5 Å². The lowest BCUT2D eigenvalue weighted by Gasteiger charge is -2.22. The summed E-state index contributed by atoms with van der Waals surface area (Å²) >= 11 is 0. The largest absolute Gasteiger partial charge is 0.412 e. The first-order valence-electron chi connectivity index (χ1n) is 4.21. The summed E-state index contributed by atoms with van der Waals surface area (Å²) in [4.78, 5) is 0. The Kier molecular flexibility index (Phi) is 5.27. The Morgan fingerprint density at radius 1 is 1.55 bits per heavy atom. The Balaban J connectivity index is 3.63. The Hall–Kier alpha value is -0.263. The molecule has 0 bridgehead atoms. The van der Waals surface area contributed by atoms with Crippen LogP contribution < -0.4 is 0 Å². The van der Waals surface area contributed by atoms with E-state index in [1.54, 1.807) is 0 Å². The fourth-order valence-electron chi connectivity index (χ4n) is 0.945. The second kappa shape index (κ2) is 5.40. The fraction of sp³-hybridized carbons (Fsp3) is 0.778. The second-order valence-corrected chi connectivity index (χ2v) is 3.44. The van der Waals surface area contributed by atoms with Crippen LogP contribution >= 0.6 is 0 Å². The van der Waals surface area contributed by atoms with Gasteiger partial charge in [-0.3, -0.25) is 0 Å². The lowest BCUT2D eigenvalue weighted by Crippen LogP contribution is -2.25. The van der Waals surface area contributed by atoms with Crippen molar-refractivity contribution in [3.63, 3.8) is 0 Å². The third kappa shape index (κ3) is 4.23. The highest BCUT2D eigenvalue weighted by molar-refractivity contribution is 5.98. The van der Waals surface area contributed by atoms with Crippen molar-refractivity contribution < 1.29 is 4.43 Å². The van der Waals surface area contributed by atoms with Crippen LogP contribution in [0.2, 0.25) is 0 Å². The molecule has 0 aliphatic heterocycles. The van der Waals surface area contributed by atoms with Gasteiger partial charge in [-0.2, -0.15) is 0 Å². The van der Waals surface area contributed by atoms with E-state index >= 15 is 0 Å². The first-order valence-corrected chi connectivity index (χ1v) is 5.03. The van der Waals surface area contributed by atoms with Crippen LogP contribution in [-0.2, 0) is 4.43 Å². The smallest absolute Gasteiger partial charge is 0.148 e. The minimum atomic E-state index is -0.276. The number of hydrogen-bond acceptors (Lipinski definition) is 1. The van der Waals surface area contributed by atoms with Crippen molar-refractivity contribution in [2.45, 2.75) is 45.1 Å². The number of terminal acetylenes is 1. The summed E-state index contributed by atoms with van der Waals surface area (Å²) in [6, 6.07) is 0. The van der Waals surface area contributed by atoms with Crippen molar-refractivity contribution >= 4 is 10.5 Å². The van der Waals surface area contributed by atoms with Gasteiger partial charge < -0.3 is 4.43 Å². The first kappa shape index (κ1) is 10.7. The summed E-state index contributed by atoms with van der Waals surface area (Å²) in [6.07, 6.45) is 10.0. The Bertz CT molecular complexity index is 139. The highest BCUT2D eigenvalue weighted by atomic mass is 28.2. The number of unbranched alkanes of at least 4 members (excludes halogenated alkanes) is 2. The third-order valence-electron chi connectivity index (χ3n) is 2.01. The molecule has 0 aliphatic carbocycles. The highest BCUT2D eigenvalue weighted by Crippen LogP contribution is 2.16. The topological polar surface area (TPSA) is 9.23 Å². The number of hydrogen-bond donors (Lipinski definition) is 0. The van der Waals surface area contributed by atoms with Crippen molar-refractivity contribution in [2.24, 2.45) is 0 Å². The molecule has 0 fully saturated rings. The Morgan fingerprint density at radius 3 is 2.55 bits per heavy atom. The summed E-state index contributed by atoms with van der Waals surface area (Å²) in [5.41, 5.74) is -0.276. The Morgan fingerprint density at radius 2 is 2.18 bits per heavy atom. The predicted octanol–water partition coefficient (Wildman–Crippen LogP) is 1.26. The van der Waals surface area contributed by atoms with Gasteiger partial charge in [-0.1, -0.05) is 25.7 Å². The van der Waals surface area contributed by atoms with E-state index in [2.05, 4.69) is 12.8 Å². The van der Waals surface area contributed by atoms with Crippen LogP contribution in [0.4, 0.5) is 0 Å². The molecule has 0 aromatic rings. The van der Waals surface area contributed by atoms with Crippen LogP contribution in [0.15, 0.2) is 0 Å². The zero-order valence-electron chi connectivity index (χ0n) is 7.81. The van der Waals surface area contributed by atoms with E-state index in [9.17, 15) is 0 Å². The zero-order chi connectivity index (χ0) is 8.74. The summed E-state index contributed by atoms with van der Waals surface area (Å²) in [5.74, 6) is 2.70. The third-order valence-corrected chi connectivity index (χ3v) is 2.91. The minimum absolute atomic E-state index is 0.276. The van der Waals surface area contributed by atoms with Gasteiger partial charge in [-0.25, -0.2) is 0 Å². The van der Waals surface area contributed by atoms with Gasteiger partial charge in [0.1, 0.15) is 16.1 Å². The molecule has 11 heavy (non-hydrogen) atoms. The molecular formula is C9H18OSi. The van der Waals surface area contributed by atoms with E-state index in [0.717, 1.165) is 16.9 Å². The van der Waals surface area contributed by atoms with Gasteiger partial charge in [0, 0.05) is 0 Å². The first-order chi connectivity index (χ1) is 5.18. The molecule has 0 aromatic carbocycles. The van der Waals surface area contributed by atoms with Gasteiger partial charge in [-0.05, 0) is 19.8 Å². The quantitative estimate of drug-likeness (QED) is 0.343. The van der Waals surface area contributed by atoms with Gasteiger partial charge in [0.25, 0.3) is 0 Å². The molecule has 0 rings (SSSR count). The molecule has 2 heteroatoms. The Labute approximate surface area is 73.1 Å². The number of rotatable bonds is 5. The lowest BCUT2D eigenvalue weighted by atomic mass is 10.00. The van der Waals surface area contributed by atoms with Crippen LogP contribution in [0.25, 0.3) is 0 Å². The molecule has 0 heterocycles. The molecule has 1 nitrogen and oxygen atoms in total. The van der Waals surface area contributed by atoms with Gasteiger partial charge in [0.2, 0.25) is 0 Å². The molecule has 1 unspecified atom stereocenters. The lowest BCUT2D eigenvalue weighted by molar-refractivity contribution is 0.152. The molecule has 0 saturated carbocycles. The highest BCUT2D eigenvalue weighted by Gasteiger charge is 2.17. The average molecular weight is 170 g/mol. The molecule has 0 radical (unpaired) electrons. The van der Waals surface area contributed by atoms with Crippen LogP contribution in [0, 0.1) is 12.3 Å². The molecule has 64 valence electrons. The second-order valence-electron chi connectivity index (χ2n) is 3.04. The van der Waals surface area contributed by atoms with Crippen molar-refractivity contribution in [1.82, 2.24) is 0 Å². The maximum absolute atomic E-state index is 5.35. The van der Waals surface area contributed by atoms with E-state index in [4.69, 9.17) is 10.8 Å². The van der Waals surface area contributed by atoms with Crippen molar-refractivity contribution in [3.8, 4) is 12.3 Å². The summed E-state index contributed by atoms with van der Waals surface area (Å²) in [6.45, 7) is 4.18. The molecule has 1 atom stereocenters. The average Bonchev–Trinajstić information content (AvgIpc) is 2.05. The van der Waals surface area contributed by atoms with E-state index in [1.807, 2.05) is 6.92 Å². The van der Waals surface area contributed by atoms with Crippen molar-refractivity contribution in [3.05, 3.63) is 0 Å². The maximum atomic E-state index is 5.35. The molecule has 0 aliphatic rings. The SMILES string of the molecule is C#CC(C)(CCCCC)O[SiH3]. The normalized spacial score (nSPS) is 15.7. The van der Waals surface area contributed by atoms with Gasteiger partial charge in [0.15, 0.2) is 0 Å². The zero-order valence-corrected chi connectivity index (χ0v) is 9.81. The standard InChI is InChI=1S/C9H18OSi/c1-4-6-7-8-9(3,5-2)10-11/h2H,4,6-8H2,1,3,11H3. The van der Waals surface area contributed by atoms with Gasteiger partial charge in [0.05, 0.1) is 0 Å². The summed E-state index contributed by atoms with van der Waals surface area (Å²) in [5, 5.41) is 0. The molecule has 0 amide bonds. The summed E-state index contributed by atoms with van der Waals surface area (Å²) < 4.78 is 5.34. The van der Waals surface area contributed by atoms with E-state index in [0.29, 0.717) is 0 Å². The minimum Gasteiger partial charge on any atom is -0.412 e. The van der Waals surface area contributed by atoms with Crippen LogP contribution in [0.3, 0.4) is 0 Å². The predicted molar refractivity (Wildman–Crippen MR) is 52.4 cm³/mol. The van der Waals surface area contributed by atoms with E-state index < -0.39 is 0 Å². The monoisotopic (exact) mass is 170 g/mol.